The normalized spacial score (nSPS) is 10.8. The van der Waals surface area contributed by atoms with Gasteiger partial charge >= 0.3 is 0 Å². The fourth-order valence-corrected chi connectivity index (χ4v) is 2.44. The van der Waals surface area contributed by atoms with Crippen molar-refractivity contribution >= 4 is 32.7 Å². The lowest BCUT2D eigenvalue weighted by molar-refractivity contribution is 0.0941. The van der Waals surface area contributed by atoms with Crippen LogP contribution in [0.1, 0.15) is 11.7 Å². The van der Waals surface area contributed by atoms with Crippen molar-refractivity contribution in [2.75, 3.05) is 0 Å². The van der Waals surface area contributed by atoms with Gasteiger partial charge in [-0.2, -0.15) is 0 Å². The van der Waals surface area contributed by atoms with Gasteiger partial charge in [0.15, 0.2) is 0 Å². The van der Waals surface area contributed by atoms with Crippen LogP contribution < -0.4 is 0 Å². The molecule has 0 radical (unpaired) electrons. The summed E-state index contributed by atoms with van der Waals surface area (Å²) in [5.41, 5.74) is 3.81. The van der Waals surface area contributed by atoms with Gasteiger partial charge in [-0.05, 0) is 41.5 Å². The molecule has 0 atom stereocenters. The number of benzene rings is 2. The molecule has 0 bridgehead atoms. The number of rotatable bonds is 0. The lowest BCUT2D eigenvalue weighted by atomic mass is 10.2. The van der Waals surface area contributed by atoms with Crippen LogP contribution in [0, 0.1) is 0 Å². The van der Waals surface area contributed by atoms with E-state index in [0.29, 0.717) is 0 Å². The molecule has 0 unspecified atom stereocenters. The SMILES string of the molecule is CC(=O)n1ccc2cc(Br)ccc21.c1cc2cc-2c1. The highest BCUT2D eigenvalue weighted by molar-refractivity contribution is 9.10. The Bertz CT molecular complexity index is 756. The first-order valence-electron chi connectivity index (χ1n) is 6.03. The molecule has 3 heteroatoms. The van der Waals surface area contributed by atoms with E-state index in [0.717, 1.165) is 15.4 Å². The standard InChI is InChI=1S/C10H8BrNO.C6H4/c1-7(13)12-5-4-8-6-9(11)2-3-10(8)12;1-2-5-4-6(5)3-1/h2-6H,1H3;1-4H. The summed E-state index contributed by atoms with van der Waals surface area (Å²) in [6.07, 6.45) is 1.79. The van der Waals surface area contributed by atoms with E-state index >= 15 is 0 Å². The molecular formula is C16H12BrNO. The third kappa shape index (κ3) is 2.47. The minimum absolute atomic E-state index is 0.0392. The second kappa shape index (κ2) is 4.67. The van der Waals surface area contributed by atoms with Crippen LogP contribution in [0.3, 0.4) is 0 Å². The predicted molar refractivity (Wildman–Crippen MR) is 81.4 cm³/mol. The maximum absolute atomic E-state index is 11.2. The Morgan fingerprint density at radius 1 is 1.05 bits per heavy atom. The number of hydrogen-bond donors (Lipinski definition) is 0. The average Bonchev–Trinajstić information content (AvgIpc) is 2.83. The van der Waals surface area contributed by atoms with Crippen LogP contribution in [-0.4, -0.2) is 10.5 Å². The molecule has 2 aromatic rings. The average molecular weight is 314 g/mol. The number of carbonyl (C=O) groups is 1. The van der Waals surface area contributed by atoms with Gasteiger partial charge < -0.3 is 0 Å². The molecule has 2 nitrogen and oxygen atoms in total. The first-order chi connectivity index (χ1) is 9.15. The zero-order valence-electron chi connectivity index (χ0n) is 10.4. The van der Waals surface area contributed by atoms with Crippen LogP contribution in [0.2, 0.25) is 0 Å². The van der Waals surface area contributed by atoms with E-state index in [-0.39, 0.29) is 5.91 Å². The van der Waals surface area contributed by atoms with Crippen molar-refractivity contribution in [3.8, 4) is 11.1 Å². The summed E-state index contributed by atoms with van der Waals surface area (Å²) in [7, 11) is 0. The largest absolute Gasteiger partial charge is 0.287 e. The Kier molecular flexibility index (Phi) is 2.99. The quantitative estimate of drug-likeness (QED) is 0.460. The highest BCUT2D eigenvalue weighted by atomic mass is 79.9. The van der Waals surface area contributed by atoms with Crippen molar-refractivity contribution in [3.63, 3.8) is 0 Å². The zero-order chi connectivity index (χ0) is 13.4. The molecule has 0 aliphatic heterocycles. The Morgan fingerprint density at radius 3 is 2.32 bits per heavy atom. The van der Waals surface area contributed by atoms with Crippen molar-refractivity contribution in [1.82, 2.24) is 4.57 Å². The topological polar surface area (TPSA) is 22.0 Å². The van der Waals surface area contributed by atoms with E-state index in [9.17, 15) is 4.79 Å². The van der Waals surface area contributed by atoms with E-state index in [1.165, 1.54) is 11.1 Å². The number of hydrogen-bond acceptors (Lipinski definition) is 1. The maximum Gasteiger partial charge on any atom is 0.227 e. The van der Waals surface area contributed by atoms with E-state index in [4.69, 9.17) is 0 Å². The smallest absolute Gasteiger partial charge is 0.227 e. The van der Waals surface area contributed by atoms with E-state index in [1.54, 1.807) is 17.7 Å². The second-order valence-electron chi connectivity index (χ2n) is 4.49. The molecule has 0 spiro atoms. The van der Waals surface area contributed by atoms with Crippen LogP contribution in [-0.2, 0) is 0 Å². The van der Waals surface area contributed by atoms with Gasteiger partial charge in [0.05, 0.1) is 5.52 Å². The Morgan fingerprint density at radius 2 is 1.79 bits per heavy atom. The van der Waals surface area contributed by atoms with E-state index in [1.807, 2.05) is 24.3 Å². The monoisotopic (exact) mass is 313 g/mol. The summed E-state index contributed by atoms with van der Waals surface area (Å²) >= 11 is 3.38. The predicted octanol–water partition coefficient (Wildman–Crippen LogP) is 4.73. The molecule has 2 aliphatic carbocycles. The number of aromatic nitrogens is 1. The minimum Gasteiger partial charge on any atom is -0.287 e. The summed E-state index contributed by atoms with van der Waals surface area (Å²) in [6.45, 7) is 1.56. The molecular weight excluding hydrogens is 302 g/mol. The summed E-state index contributed by atoms with van der Waals surface area (Å²) < 4.78 is 2.67. The van der Waals surface area contributed by atoms with Crippen LogP contribution in [0.15, 0.2) is 59.2 Å². The molecule has 19 heavy (non-hydrogen) atoms. The van der Waals surface area contributed by atoms with Crippen LogP contribution in [0.5, 0.6) is 0 Å². The summed E-state index contributed by atoms with van der Waals surface area (Å²) in [4.78, 5) is 11.2. The minimum atomic E-state index is 0.0392. The van der Waals surface area contributed by atoms with Gasteiger partial charge in [-0.25, -0.2) is 0 Å². The highest BCUT2D eigenvalue weighted by Gasteiger charge is 2.07. The Balaban J connectivity index is 0.000000151. The number of carbonyl (C=O) groups excluding carboxylic acids is 1. The Hall–Kier alpha value is -1.87. The molecule has 0 saturated heterocycles. The van der Waals surface area contributed by atoms with Crippen LogP contribution in [0.25, 0.3) is 22.0 Å². The molecule has 0 N–H and O–H groups in total. The molecule has 94 valence electrons. The number of fused-ring (bicyclic) bond motifs is 2. The molecule has 1 aromatic heterocycles. The van der Waals surface area contributed by atoms with Crippen molar-refractivity contribution in [2.45, 2.75) is 6.92 Å². The molecule has 1 aromatic carbocycles. The number of nitrogens with zero attached hydrogens (tertiary/aromatic N) is 1. The van der Waals surface area contributed by atoms with Crippen LogP contribution in [0.4, 0.5) is 0 Å². The molecule has 4 rings (SSSR count). The van der Waals surface area contributed by atoms with Gasteiger partial charge in [0.2, 0.25) is 5.91 Å². The van der Waals surface area contributed by atoms with Crippen molar-refractivity contribution in [3.05, 3.63) is 59.2 Å². The second-order valence-corrected chi connectivity index (χ2v) is 5.40. The third-order valence-electron chi connectivity index (χ3n) is 3.10. The fraction of sp³-hybridized carbons (Fsp3) is 0.0625. The van der Waals surface area contributed by atoms with E-state index in [2.05, 4.69) is 40.2 Å². The van der Waals surface area contributed by atoms with Crippen molar-refractivity contribution in [2.24, 2.45) is 0 Å². The maximum atomic E-state index is 11.2. The van der Waals surface area contributed by atoms with Crippen molar-refractivity contribution < 1.29 is 4.79 Å². The third-order valence-corrected chi connectivity index (χ3v) is 3.60. The summed E-state index contributed by atoms with van der Waals surface area (Å²) in [5, 5.41) is 1.07. The first kappa shape index (κ1) is 12.2. The first-order valence-corrected chi connectivity index (χ1v) is 6.82. The molecule has 0 fully saturated rings. The Labute approximate surface area is 119 Å². The molecule has 1 heterocycles. The van der Waals surface area contributed by atoms with Gasteiger partial charge in [0, 0.05) is 23.0 Å². The van der Waals surface area contributed by atoms with Gasteiger partial charge in [0.25, 0.3) is 0 Å². The van der Waals surface area contributed by atoms with E-state index < -0.39 is 0 Å². The van der Waals surface area contributed by atoms with Gasteiger partial charge in [-0.3, -0.25) is 9.36 Å². The lowest BCUT2D eigenvalue weighted by Gasteiger charge is -1.98. The lowest BCUT2D eigenvalue weighted by Crippen LogP contribution is -2.02. The van der Waals surface area contributed by atoms with Crippen LogP contribution >= 0.6 is 15.9 Å². The van der Waals surface area contributed by atoms with Crippen molar-refractivity contribution in [1.29, 1.82) is 0 Å². The van der Waals surface area contributed by atoms with Gasteiger partial charge in [-0.15, -0.1) is 0 Å². The van der Waals surface area contributed by atoms with Gasteiger partial charge in [0.1, 0.15) is 0 Å². The summed E-state index contributed by atoms with van der Waals surface area (Å²) in [6, 6.07) is 16.3. The number of halogens is 1. The summed E-state index contributed by atoms with van der Waals surface area (Å²) in [5.74, 6) is 0.0392. The highest BCUT2D eigenvalue weighted by Crippen LogP contribution is 2.32. The molecule has 2 aliphatic rings. The zero-order valence-corrected chi connectivity index (χ0v) is 12.0. The molecule has 0 amide bonds. The van der Waals surface area contributed by atoms with Gasteiger partial charge in [-0.1, -0.05) is 34.1 Å². The fourth-order valence-electron chi connectivity index (χ4n) is 2.06. The molecule has 0 saturated carbocycles.